The molecule has 0 spiro atoms. The molecule has 5 amide bonds. The van der Waals surface area contributed by atoms with Gasteiger partial charge in [-0.3, -0.25) is 25.2 Å². The monoisotopic (exact) mass is 730 g/mol. The number of ether oxygens (including phenoxy) is 4. The van der Waals surface area contributed by atoms with Crippen LogP contribution in [0.25, 0.3) is 0 Å². The molecule has 4 N–H and O–H groups in total. The van der Waals surface area contributed by atoms with Crippen LogP contribution in [0.2, 0.25) is 0 Å². The topological polar surface area (TPSA) is 186 Å². The first-order chi connectivity index (χ1) is 23.3. The fraction of sp³-hybridized carbons (Fsp3) is 0.636. The smallest absolute Gasteiger partial charge is 0.416 e. The Labute approximate surface area is 295 Å². The molecule has 0 aliphatic carbocycles. The van der Waals surface area contributed by atoms with Crippen molar-refractivity contribution in [3.63, 3.8) is 0 Å². The molecule has 1 aromatic carbocycles. The maximum Gasteiger partial charge on any atom is 0.416 e. The molecule has 1 heterocycles. The number of nitrogens with zero attached hydrogens (tertiary/aromatic N) is 2. The number of aliphatic imine (C=N–C) groups is 1. The number of likely N-dealkylation sites (tertiary alicyclic amines) is 1. The average molecular weight is 731 g/mol. The Morgan fingerprint density at radius 3 is 1.92 bits per heavy atom. The number of unbranched alkanes of at least 4 members (excludes halogenated alkanes) is 1. The van der Waals surface area contributed by atoms with E-state index in [0.29, 0.717) is 18.6 Å². The zero-order chi connectivity index (χ0) is 38.8. The largest absolute Gasteiger partial charge is 0.484 e. The fourth-order valence-electron chi connectivity index (χ4n) is 4.38. The summed E-state index contributed by atoms with van der Waals surface area (Å²) in [6, 6.07) is 1.39. The number of hydrogen-bond acceptors (Lipinski definition) is 10. The third-order valence-corrected chi connectivity index (χ3v) is 6.31. The number of guanidine groups is 1. The first kappa shape index (κ1) is 42.4. The number of amides is 5. The second-order valence-electron chi connectivity index (χ2n) is 14.6. The van der Waals surface area contributed by atoms with E-state index in [0.717, 1.165) is 0 Å². The van der Waals surface area contributed by atoms with Crippen molar-refractivity contribution in [2.45, 2.75) is 117 Å². The summed E-state index contributed by atoms with van der Waals surface area (Å²) >= 11 is 0. The Morgan fingerprint density at radius 2 is 1.41 bits per heavy atom. The Balaban J connectivity index is 2.17. The number of benzene rings is 1. The molecular formula is C33H49F3N6O9. The molecule has 1 aliphatic rings. The molecular weight excluding hydrogens is 681 g/mol. The third-order valence-electron chi connectivity index (χ3n) is 6.31. The van der Waals surface area contributed by atoms with Crippen LogP contribution in [0.4, 0.5) is 38.9 Å². The molecule has 0 radical (unpaired) electrons. The lowest BCUT2D eigenvalue weighted by Crippen LogP contribution is -2.47. The van der Waals surface area contributed by atoms with Crippen LogP contribution in [0, 0.1) is 0 Å². The van der Waals surface area contributed by atoms with Gasteiger partial charge < -0.3 is 34.5 Å². The van der Waals surface area contributed by atoms with E-state index in [1.165, 1.54) is 4.90 Å². The Morgan fingerprint density at radius 1 is 0.863 bits per heavy atom. The second kappa shape index (κ2) is 17.4. The highest BCUT2D eigenvalue weighted by molar-refractivity contribution is 6.01. The molecule has 2 rings (SSSR count). The molecule has 1 aromatic rings. The predicted molar refractivity (Wildman–Crippen MR) is 181 cm³/mol. The number of halogens is 3. The number of anilines is 2. The van der Waals surface area contributed by atoms with Crippen molar-refractivity contribution < 1.29 is 56.1 Å². The maximum absolute atomic E-state index is 13.8. The van der Waals surface area contributed by atoms with Crippen molar-refractivity contribution in [2.75, 3.05) is 30.3 Å². The summed E-state index contributed by atoms with van der Waals surface area (Å²) in [5, 5.41) is 9.34. The highest BCUT2D eigenvalue weighted by Crippen LogP contribution is 2.42. The van der Waals surface area contributed by atoms with Gasteiger partial charge in [-0.05, 0) is 87.3 Å². The highest BCUT2D eigenvalue weighted by atomic mass is 19.4. The van der Waals surface area contributed by atoms with Gasteiger partial charge in [0.1, 0.15) is 22.9 Å². The molecule has 18 heteroatoms. The van der Waals surface area contributed by atoms with Crippen LogP contribution in [0.15, 0.2) is 17.1 Å². The molecule has 15 nitrogen and oxygen atoms in total. The van der Waals surface area contributed by atoms with Crippen LogP contribution in [-0.4, -0.2) is 84.0 Å². The lowest BCUT2D eigenvalue weighted by atomic mass is 10.1. The first-order valence-corrected chi connectivity index (χ1v) is 16.3. The van der Waals surface area contributed by atoms with Crippen LogP contribution in [0.3, 0.4) is 0 Å². The van der Waals surface area contributed by atoms with Crippen molar-refractivity contribution in [1.29, 1.82) is 0 Å². The molecule has 1 saturated heterocycles. The Kier molecular flexibility index (Phi) is 14.5. The normalized spacial score (nSPS) is 14.9. The summed E-state index contributed by atoms with van der Waals surface area (Å²) in [4.78, 5) is 67.0. The number of nitrogens with one attached hydrogen (secondary N) is 4. The van der Waals surface area contributed by atoms with Gasteiger partial charge in [-0.2, -0.15) is 13.2 Å². The third kappa shape index (κ3) is 16.2. The number of alkyl carbamates (subject to hydrolysis) is 2. The number of rotatable bonds is 10. The number of carbonyl (C=O) groups excluding carboxylic acids is 5. The minimum absolute atomic E-state index is 0.0232. The molecule has 51 heavy (non-hydrogen) atoms. The number of alkyl halides is 3. The molecule has 0 aromatic heterocycles. The van der Waals surface area contributed by atoms with Crippen LogP contribution in [0.1, 0.15) is 93.6 Å². The molecule has 1 aliphatic heterocycles. The molecule has 0 saturated carbocycles. The minimum Gasteiger partial charge on any atom is -0.484 e. The van der Waals surface area contributed by atoms with Gasteiger partial charge >= 0.3 is 24.5 Å². The molecule has 0 bridgehead atoms. The Bertz CT molecular complexity index is 1420. The van der Waals surface area contributed by atoms with E-state index in [9.17, 15) is 37.1 Å². The molecule has 1 atom stereocenters. The van der Waals surface area contributed by atoms with Gasteiger partial charge in [0.2, 0.25) is 18.3 Å². The van der Waals surface area contributed by atoms with E-state index in [-0.39, 0.29) is 68.4 Å². The summed E-state index contributed by atoms with van der Waals surface area (Å²) in [6.45, 7) is 15.4. The average Bonchev–Trinajstić information content (AvgIpc) is 3.40. The summed E-state index contributed by atoms with van der Waals surface area (Å²) in [5.74, 6) is -1.13. The Hall–Kier alpha value is -4.77. The van der Waals surface area contributed by atoms with Gasteiger partial charge in [0.25, 0.3) is 0 Å². The van der Waals surface area contributed by atoms with Crippen LogP contribution in [-0.2, 0) is 30.0 Å². The summed E-state index contributed by atoms with van der Waals surface area (Å²) in [5.41, 5.74) is -4.22. The van der Waals surface area contributed by atoms with Gasteiger partial charge in [0.05, 0.1) is 23.5 Å². The zero-order valence-electron chi connectivity index (χ0n) is 30.5. The van der Waals surface area contributed by atoms with Gasteiger partial charge in [0, 0.05) is 25.9 Å². The summed E-state index contributed by atoms with van der Waals surface area (Å²) in [7, 11) is 0. The number of hydrogen-bond donors (Lipinski definition) is 4. The summed E-state index contributed by atoms with van der Waals surface area (Å²) in [6.07, 6.45) is -7.07. The standard InChI is InChI=1S/C33H49F3N6O9/c1-30(2,3)49-27(45)40-26(41-28(46)50-31(4,5)6)37-14-11-10-12-24(44)39-23-17-20(33(34,35)36)16-22(38-19-43)25(23)48-21-13-15-42(18-21)29(47)51-32(7,8)9/h16-17,19,21H,10-15,18H2,1-9H3,(H,38,43)(H,39,44)(H2,37,40,41,45,46). The SMILES string of the molecule is CC(C)(C)OC(=O)NC(=NCCCCC(=O)Nc1cc(C(F)(F)F)cc(NC=O)c1OC1CCN(C(=O)OC(C)(C)C)C1)NC(=O)OC(C)(C)C. The lowest BCUT2D eigenvalue weighted by Gasteiger charge is -2.25. The predicted octanol–water partition coefficient (Wildman–Crippen LogP) is 6.18. The lowest BCUT2D eigenvalue weighted by molar-refractivity contribution is -0.137. The first-order valence-electron chi connectivity index (χ1n) is 16.3. The maximum atomic E-state index is 13.8. The van der Waals surface area contributed by atoms with E-state index < -0.39 is 58.8 Å². The van der Waals surface area contributed by atoms with E-state index >= 15 is 0 Å². The van der Waals surface area contributed by atoms with Crippen molar-refractivity contribution in [1.82, 2.24) is 15.5 Å². The van der Waals surface area contributed by atoms with Crippen LogP contribution < -0.4 is 26.0 Å². The van der Waals surface area contributed by atoms with Crippen molar-refractivity contribution >= 4 is 47.9 Å². The van der Waals surface area contributed by atoms with Crippen LogP contribution in [0.5, 0.6) is 5.75 Å². The number of carbonyl (C=O) groups is 5. The zero-order valence-corrected chi connectivity index (χ0v) is 30.5. The second-order valence-corrected chi connectivity index (χ2v) is 14.6. The van der Waals surface area contributed by atoms with E-state index in [4.69, 9.17) is 18.9 Å². The molecule has 1 unspecified atom stereocenters. The quantitative estimate of drug-likeness (QED) is 0.0718. The fourth-order valence-corrected chi connectivity index (χ4v) is 4.38. The van der Waals surface area contributed by atoms with E-state index in [1.807, 2.05) is 0 Å². The minimum atomic E-state index is -4.82. The van der Waals surface area contributed by atoms with Crippen molar-refractivity contribution in [3.05, 3.63) is 17.7 Å². The highest BCUT2D eigenvalue weighted by Gasteiger charge is 2.35. The van der Waals surface area contributed by atoms with Crippen molar-refractivity contribution in [3.8, 4) is 5.75 Å². The van der Waals surface area contributed by atoms with Gasteiger partial charge in [0.15, 0.2) is 5.75 Å². The van der Waals surface area contributed by atoms with Gasteiger partial charge in [-0.15, -0.1) is 0 Å². The molecule has 1 fully saturated rings. The van der Waals surface area contributed by atoms with Gasteiger partial charge in [-0.25, -0.2) is 14.4 Å². The van der Waals surface area contributed by atoms with Crippen molar-refractivity contribution in [2.24, 2.45) is 4.99 Å². The van der Waals surface area contributed by atoms with Gasteiger partial charge in [-0.1, -0.05) is 0 Å². The summed E-state index contributed by atoms with van der Waals surface area (Å²) < 4.78 is 63.2. The van der Waals surface area contributed by atoms with E-state index in [2.05, 4.69) is 26.3 Å². The van der Waals surface area contributed by atoms with E-state index in [1.54, 1.807) is 62.3 Å². The van der Waals surface area contributed by atoms with Crippen LogP contribution >= 0.6 is 0 Å². The molecule has 286 valence electrons.